The van der Waals surface area contributed by atoms with Crippen molar-refractivity contribution in [3.63, 3.8) is 0 Å². The zero-order valence-corrected chi connectivity index (χ0v) is 20.2. The summed E-state index contributed by atoms with van der Waals surface area (Å²) in [7, 11) is 0. The Morgan fingerprint density at radius 2 is 1.31 bits per heavy atom. The fourth-order valence-corrected chi connectivity index (χ4v) is 3.15. The number of nitrogens with two attached hydrogens (primary N) is 4. The standard InChI is InChI=1S/C21H39N7O7/c1-11(2)9-12(23)18(31)26-13(6-7-16(24)29)19(32)28-15(10-17(25)30)20(33)27-14(21(34)35)5-3-4-8-22/h11-15H,3-10,22-23H2,1-2H3,(H2,24,29)(H2,25,30)(H,26,31)(H,27,33)(H,28,32)(H,34,35). The molecule has 200 valence electrons. The van der Waals surface area contributed by atoms with Gasteiger partial charge in [0.2, 0.25) is 29.5 Å². The highest BCUT2D eigenvalue weighted by atomic mass is 16.4. The van der Waals surface area contributed by atoms with Crippen molar-refractivity contribution in [2.75, 3.05) is 6.54 Å². The Morgan fingerprint density at radius 3 is 1.80 bits per heavy atom. The summed E-state index contributed by atoms with van der Waals surface area (Å²) >= 11 is 0. The van der Waals surface area contributed by atoms with Crippen molar-refractivity contribution in [2.45, 2.75) is 83.0 Å². The Balaban J connectivity index is 5.53. The van der Waals surface area contributed by atoms with Crippen molar-refractivity contribution < 1.29 is 33.9 Å². The van der Waals surface area contributed by atoms with Crippen LogP contribution in [0, 0.1) is 5.92 Å². The lowest BCUT2D eigenvalue weighted by atomic mass is 10.0. The molecule has 0 saturated heterocycles. The molecule has 0 aliphatic heterocycles. The largest absolute Gasteiger partial charge is 0.480 e. The second-order valence-corrected chi connectivity index (χ2v) is 8.72. The molecule has 0 spiro atoms. The van der Waals surface area contributed by atoms with E-state index in [1.165, 1.54) is 0 Å². The van der Waals surface area contributed by atoms with Gasteiger partial charge in [-0.2, -0.15) is 0 Å². The van der Waals surface area contributed by atoms with Gasteiger partial charge in [0, 0.05) is 6.42 Å². The highest BCUT2D eigenvalue weighted by Gasteiger charge is 2.31. The first-order valence-corrected chi connectivity index (χ1v) is 11.4. The number of rotatable bonds is 18. The molecule has 4 atom stereocenters. The van der Waals surface area contributed by atoms with Crippen molar-refractivity contribution in [1.29, 1.82) is 0 Å². The highest BCUT2D eigenvalue weighted by Crippen LogP contribution is 2.06. The van der Waals surface area contributed by atoms with Crippen LogP contribution in [0.5, 0.6) is 0 Å². The number of carbonyl (C=O) groups is 6. The lowest BCUT2D eigenvalue weighted by Gasteiger charge is -2.25. The third kappa shape index (κ3) is 13.9. The molecule has 5 amide bonds. The van der Waals surface area contributed by atoms with Crippen LogP contribution in [0.15, 0.2) is 0 Å². The van der Waals surface area contributed by atoms with Gasteiger partial charge in [-0.1, -0.05) is 13.8 Å². The Hall–Kier alpha value is -3.26. The maximum absolute atomic E-state index is 12.9. The molecule has 12 N–H and O–H groups in total. The SMILES string of the molecule is CC(C)CC(N)C(=O)NC(CCC(N)=O)C(=O)NC(CC(N)=O)C(=O)NC(CCCCN)C(=O)O. The molecular formula is C21H39N7O7. The molecule has 0 aromatic heterocycles. The van der Waals surface area contributed by atoms with Gasteiger partial charge in [-0.25, -0.2) is 4.79 Å². The summed E-state index contributed by atoms with van der Waals surface area (Å²) in [6, 6.07) is -5.01. The van der Waals surface area contributed by atoms with Gasteiger partial charge in [-0.15, -0.1) is 0 Å². The number of nitrogens with one attached hydrogen (secondary N) is 3. The topological polar surface area (TPSA) is 263 Å². The van der Waals surface area contributed by atoms with Gasteiger partial charge in [0.05, 0.1) is 12.5 Å². The van der Waals surface area contributed by atoms with E-state index < -0.39 is 66.1 Å². The number of aliphatic carboxylic acids is 1. The van der Waals surface area contributed by atoms with Crippen LogP contribution in [0.1, 0.15) is 58.8 Å². The van der Waals surface area contributed by atoms with E-state index in [-0.39, 0.29) is 25.2 Å². The smallest absolute Gasteiger partial charge is 0.326 e. The minimum absolute atomic E-state index is 0.0839. The number of hydrogen-bond donors (Lipinski definition) is 8. The van der Waals surface area contributed by atoms with Crippen LogP contribution in [0.25, 0.3) is 0 Å². The monoisotopic (exact) mass is 501 g/mol. The number of amides is 5. The predicted octanol–water partition coefficient (Wildman–Crippen LogP) is -2.83. The highest BCUT2D eigenvalue weighted by molar-refractivity contribution is 5.96. The Bertz CT molecular complexity index is 760. The summed E-state index contributed by atoms with van der Waals surface area (Å²) in [5.74, 6) is -5.35. The number of carbonyl (C=O) groups excluding carboxylic acids is 5. The molecule has 0 aliphatic rings. The Labute approximate surface area is 204 Å². The zero-order valence-electron chi connectivity index (χ0n) is 20.2. The second kappa shape index (κ2) is 16.4. The van der Waals surface area contributed by atoms with Crippen molar-refractivity contribution in [3.8, 4) is 0 Å². The van der Waals surface area contributed by atoms with Crippen LogP contribution in [-0.4, -0.2) is 71.3 Å². The van der Waals surface area contributed by atoms with Crippen molar-refractivity contribution in [2.24, 2.45) is 28.9 Å². The van der Waals surface area contributed by atoms with Crippen molar-refractivity contribution in [1.82, 2.24) is 16.0 Å². The van der Waals surface area contributed by atoms with E-state index >= 15 is 0 Å². The minimum atomic E-state index is -1.52. The van der Waals surface area contributed by atoms with E-state index in [0.717, 1.165) is 0 Å². The molecule has 4 unspecified atom stereocenters. The molecule has 0 radical (unpaired) electrons. The van der Waals surface area contributed by atoms with Crippen LogP contribution < -0.4 is 38.9 Å². The molecule has 0 aromatic rings. The van der Waals surface area contributed by atoms with E-state index in [9.17, 15) is 33.9 Å². The van der Waals surface area contributed by atoms with Crippen LogP contribution in [0.4, 0.5) is 0 Å². The van der Waals surface area contributed by atoms with Gasteiger partial charge in [-0.3, -0.25) is 24.0 Å². The fraction of sp³-hybridized carbons (Fsp3) is 0.714. The van der Waals surface area contributed by atoms with Gasteiger partial charge in [0.25, 0.3) is 0 Å². The van der Waals surface area contributed by atoms with E-state index in [1.54, 1.807) is 0 Å². The van der Waals surface area contributed by atoms with Gasteiger partial charge in [0.15, 0.2) is 0 Å². The predicted molar refractivity (Wildman–Crippen MR) is 126 cm³/mol. The number of primary amides is 2. The maximum Gasteiger partial charge on any atom is 0.326 e. The molecule has 0 aliphatic carbocycles. The third-order valence-electron chi connectivity index (χ3n) is 4.97. The molecule has 14 heteroatoms. The first-order valence-electron chi connectivity index (χ1n) is 11.4. The van der Waals surface area contributed by atoms with Crippen molar-refractivity contribution in [3.05, 3.63) is 0 Å². The first-order chi connectivity index (χ1) is 16.3. The number of hydrogen-bond acceptors (Lipinski definition) is 8. The van der Waals surface area contributed by atoms with E-state index in [0.29, 0.717) is 25.8 Å². The summed E-state index contributed by atoms with van der Waals surface area (Å²) in [5.41, 5.74) is 21.6. The van der Waals surface area contributed by atoms with Crippen LogP contribution in [0.3, 0.4) is 0 Å². The number of carboxylic acids is 1. The molecule has 0 rings (SSSR count). The molecule has 0 bridgehead atoms. The van der Waals surface area contributed by atoms with Crippen LogP contribution >= 0.6 is 0 Å². The molecular weight excluding hydrogens is 462 g/mol. The van der Waals surface area contributed by atoms with Gasteiger partial charge < -0.3 is 44.0 Å². The summed E-state index contributed by atoms with van der Waals surface area (Å²) < 4.78 is 0. The normalized spacial score (nSPS) is 14.3. The van der Waals surface area contributed by atoms with Gasteiger partial charge >= 0.3 is 5.97 Å². The average Bonchev–Trinajstić information content (AvgIpc) is 2.73. The van der Waals surface area contributed by atoms with E-state index in [2.05, 4.69) is 16.0 Å². The molecule has 0 heterocycles. The van der Waals surface area contributed by atoms with Gasteiger partial charge in [0.1, 0.15) is 18.1 Å². The Kier molecular flexibility index (Phi) is 14.9. The zero-order chi connectivity index (χ0) is 27.1. The van der Waals surface area contributed by atoms with Crippen LogP contribution in [-0.2, 0) is 28.8 Å². The van der Waals surface area contributed by atoms with E-state index in [1.807, 2.05) is 13.8 Å². The van der Waals surface area contributed by atoms with Crippen molar-refractivity contribution >= 4 is 35.5 Å². The maximum atomic E-state index is 12.9. The lowest BCUT2D eigenvalue weighted by molar-refractivity contribution is -0.142. The summed E-state index contributed by atoms with van der Waals surface area (Å²) in [6.45, 7) is 4.07. The minimum Gasteiger partial charge on any atom is -0.480 e. The number of carboxylic acid groups (broad SMARTS) is 1. The quantitative estimate of drug-likeness (QED) is 0.0898. The summed E-state index contributed by atoms with van der Waals surface area (Å²) in [4.78, 5) is 72.2. The second-order valence-electron chi connectivity index (χ2n) is 8.72. The molecule has 35 heavy (non-hydrogen) atoms. The molecule has 0 fully saturated rings. The number of unbranched alkanes of at least 4 members (excludes halogenated alkanes) is 1. The fourth-order valence-electron chi connectivity index (χ4n) is 3.15. The van der Waals surface area contributed by atoms with Crippen LogP contribution in [0.2, 0.25) is 0 Å². The van der Waals surface area contributed by atoms with E-state index in [4.69, 9.17) is 22.9 Å². The molecule has 0 aromatic carbocycles. The first kappa shape index (κ1) is 31.7. The third-order valence-corrected chi connectivity index (χ3v) is 4.97. The summed E-state index contributed by atoms with van der Waals surface area (Å²) in [6.07, 6.45) is 0.315. The Morgan fingerprint density at radius 1 is 0.771 bits per heavy atom. The van der Waals surface area contributed by atoms with Gasteiger partial charge in [-0.05, 0) is 44.6 Å². The summed E-state index contributed by atoms with van der Waals surface area (Å²) in [5, 5.41) is 16.4. The molecule has 0 saturated carbocycles. The molecule has 14 nitrogen and oxygen atoms in total. The lowest BCUT2D eigenvalue weighted by Crippen LogP contribution is -2.57. The average molecular weight is 502 g/mol.